The van der Waals surface area contributed by atoms with Crippen molar-refractivity contribution in [1.29, 1.82) is 0 Å². The molecule has 1 aliphatic rings. The predicted molar refractivity (Wildman–Crippen MR) is 117 cm³/mol. The van der Waals surface area contributed by atoms with E-state index in [1.807, 2.05) is 26.0 Å². The van der Waals surface area contributed by atoms with Crippen LogP contribution in [0.1, 0.15) is 41.3 Å². The lowest BCUT2D eigenvalue weighted by atomic mass is 9.92. The van der Waals surface area contributed by atoms with E-state index in [0.29, 0.717) is 24.3 Å². The molecule has 3 rings (SSSR count). The molecule has 2 aromatic rings. The molecule has 0 aliphatic carbocycles. The molecule has 0 spiro atoms. The second kappa shape index (κ2) is 8.83. The van der Waals surface area contributed by atoms with Crippen molar-refractivity contribution in [3.8, 4) is 0 Å². The highest BCUT2D eigenvalue weighted by Crippen LogP contribution is 2.28. The molecule has 0 amide bonds. The lowest BCUT2D eigenvalue weighted by molar-refractivity contribution is 0.0733. The highest BCUT2D eigenvalue weighted by molar-refractivity contribution is 9.10. The minimum Gasteiger partial charge on any atom is -0.397 e. The Labute approximate surface area is 179 Å². The highest BCUT2D eigenvalue weighted by Gasteiger charge is 2.25. The number of benzene rings is 2. The van der Waals surface area contributed by atoms with Crippen molar-refractivity contribution < 1.29 is 17.9 Å². The van der Waals surface area contributed by atoms with Crippen molar-refractivity contribution in [1.82, 2.24) is 4.31 Å². The summed E-state index contributed by atoms with van der Waals surface area (Å²) < 4.78 is 35.1. The Morgan fingerprint density at radius 1 is 1.17 bits per heavy atom. The first-order chi connectivity index (χ1) is 13.7. The van der Waals surface area contributed by atoms with Crippen LogP contribution in [0, 0.1) is 0 Å². The fourth-order valence-electron chi connectivity index (χ4n) is 3.16. The molecule has 2 aromatic carbocycles. The van der Waals surface area contributed by atoms with Crippen LogP contribution in [0.3, 0.4) is 0 Å². The van der Waals surface area contributed by atoms with Gasteiger partial charge in [-0.3, -0.25) is 9.52 Å². The third kappa shape index (κ3) is 4.98. The zero-order valence-electron chi connectivity index (χ0n) is 16.3. The third-order valence-electron chi connectivity index (χ3n) is 4.75. The van der Waals surface area contributed by atoms with Crippen LogP contribution in [-0.4, -0.2) is 44.8 Å². The van der Waals surface area contributed by atoms with Crippen LogP contribution in [-0.2, 0) is 14.9 Å². The largest absolute Gasteiger partial charge is 0.397 e. The summed E-state index contributed by atoms with van der Waals surface area (Å²) in [4.78, 5) is 13.2. The molecule has 0 unspecified atom stereocenters. The number of hydrogen-bond donors (Lipinski definition) is 2. The van der Waals surface area contributed by atoms with E-state index >= 15 is 0 Å². The number of nitrogen functional groups attached to an aromatic ring is 1. The molecule has 0 atom stereocenters. The van der Waals surface area contributed by atoms with Crippen molar-refractivity contribution in [2.45, 2.75) is 19.8 Å². The lowest BCUT2D eigenvalue weighted by Gasteiger charge is -2.26. The normalized spacial score (nSPS) is 15.4. The van der Waals surface area contributed by atoms with Crippen molar-refractivity contribution >= 4 is 43.3 Å². The molecule has 1 saturated heterocycles. The van der Waals surface area contributed by atoms with Crippen LogP contribution in [0.5, 0.6) is 0 Å². The third-order valence-corrected chi connectivity index (χ3v) is 6.76. The number of halogens is 1. The van der Waals surface area contributed by atoms with Gasteiger partial charge in [-0.25, -0.2) is 0 Å². The molecule has 29 heavy (non-hydrogen) atoms. The van der Waals surface area contributed by atoms with E-state index in [0.717, 1.165) is 10.0 Å². The van der Waals surface area contributed by atoms with Gasteiger partial charge < -0.3 is 10.5 Å². The number of nitrogens with one attached hydrogen (secondary N) is 1. The molecule has 0 bridgehead atoms. The summed E-state index contributed by atoms with van der Waals surface area (Å²) in [6.45, 7) is 5.26. The van der Waals surface area contributed by atoms with E-state index in [1.54, 1.807) is 12.1 Å². The summed E-state index contributed by atoms with van der Waals surface area (Å²) in [6.07, 6.45) is 0. The van der Waals surface area contributed by atoms with Gasteiger partial charge >= 0.3 is 10.2 Å². The van der Waals surface area contributed by atoms with Gasteiger partial charge in [-0.05, 0) is 41.8 Å². The standard InChI is InChI=1S/C20H24BrN3O4S/c1-13(2)16-5-4-15(21)12-17(16)20(25)14-3-6-18(22)19(11-14)23-29(26,27)24-7-9-28-10-8-24/h3-6,11-13,23H,7-10,22H2,1-2H3. The Balaban J connectivity index is 1.93. The van der Waals surface area contributed by atoms with Gasteiger partial charge in [0.1, 0.15) is 0 Å². The monoisotopic (exact) mass is 481 g/mol. The molecular formula is C20H24BrN3O4S. The minimum absolute atomic E-state index is 0.162. The summed E-state index contributed by atoms with van der Waals surface area (Å²) in [5, 5.41) is 0. The number of anilines is 2. The van der Waals surface area contributed by atoms with E-state index in [9.17, 15) is 13.2 Å². The Bertz CT molecular complexity index is 1020. The topological polar surface area (TPSA) is 102 Å². The van der Waals surface area contributed by atoms with Crippen LogP contribution >= 0.6 is 15.9 Å². The number of morpholine rings is 1. The molecule has 9 heteroatoms. The van der Waals surface area contributed by atoms with E-state index in [-0.39, 0.29) is 36.2 Å². The van der Waals surface area contributed by atoms with Gasteiger partial charge in [-0.15, -0.1) is 0 Å². The molecule has 0 saturated carbocycles. The predicted octanol–water partition coefficient (Wildman–Crippen LogP) is 3.37. The fraction of sp³-hybridized carbons (Fsp3) is 0.350. The van der Waals surface area contributed by atoms with Gasteiger partial charge in [-0.1, -0.05) is 35.8 Å². The number of carbonyl (C=O) groups is 1. The summed E-state index contributed by atoms with van der Waals surface area (Å²) in [6, 6.07) is 10.2. The number of ether oxygens (including phenoxy) is 1. The first-order valence-electron chi connectivity index (χ1n) is 9.28. The quantitative estimate of drug-likeness (QED) is 0.486. The zero-order valence-corrected chi connectivity index (χ0v) is 18.7. The Kier molecular flexibility index (Phi) is 6.62. The summed E-state index contributed by atoms with van der Waals surface area (Å²) in [7, 11) is -3.79. The Morgan fingerprint density at radius 2 is 1.86 bits per heavy atom. The Morgan fingerprint density at radius 3 is 2.52 bits per heavy atom. The van der Waals surface area contributed by atoms with Crippen molar-refractivity contribution in [2.75, 3.05) is 36.8 Å². The van der Waals surface area contributed by atoms with Gasteiger partial charge in [0.15, 0.2) is 5.78 Å². The van der Waals surface area contributed by atoms with Crippen molar-refractivity contribution in [3.63, 3.8) is 0 Å². The molecule has 1 fully saturated rings. The minimum atomic E-state index is -3.79. The van der Waals surface area contributed by atoms with Gasteiger partial charge in [0.25, 0.3) is 0 Å². The van der Waals surface area contributed by atoms with E-state index in [4.69, 9.17) is 10.5 Å². The van der Waals surface area contributed by atoms with E-state index in [2.05, 4.69) is 20.7 Å². The summed E-state index contributed by atoms with van der Waals surface area (Å²) >= 11 is 3.42. The first kappa shape index (κ1) is 21.8. The van der Waals surface area contributed by atoms with Crippen LogP contribution in [0.25, 0.3) is 0 Å². The molecule has 0 radical (unpaired) electrons. The van der Waals surface area contributed by atoms with Crippen LogP contribution in [0.2, 0.25) is 0 Å². The van der Waals surface area contributed by atoms with Crippen LogP contribution in [0.15, 0.2) is 40.9 Å². The smallest absolute Gasteiger partial charge is 0.301 e. The second-order valence-corrected chi connectivity index (χ2v) is 9.72. The molecule has 0 aromatic heterocycles. The molecule has 7 nitrogen and oxygen atoms in total. The zero-order chi connectivity index (χ0) is 21.2. The van der Waals surface area contributed by atoms with Gasteiger partial charge in [-0.2, -0.15) is 12.7 Å². The van der Waals surface area contributed by atoms with Crippen molar-refractivity contribution in [3.05, 3.63) is 57.6 Å². The molecular weight excluding hydrogens is 458 g/mol. The molecule has 156 valence electrons. The fourth-order valence-corrected chi connectivity index (χ4v) is 4.74. The molecule has 3 N–H and O–H groups in total. The number of hydrogen-bond acceptors (Lipinski definition) is 5. The van der Waals surface area contributed by atoms with Crippen molar-refractivity contribution in [2.24, 2.45) is 0 Å². The number of carbonyl (C=O) groups excluding carboxylic acids is 1. The van der Waals surface area contributed by atoms with Gasteiger partial charge in [0.05, 0.1) is 24.6 Å². The highest BCUT2D eigenvalue weighted by atomic mass is 79.9. The van der Waals surface area contributed by atoms with Crippen LogP contribution < -0.4 is 10.5 Å². The second-order valence-electron chi connectivity index (χ2n) is 7.14. The van der Waals surface area contributed by atoms with Gasteiger partial charge in [0, 0.05) is 28.7 Å². The maximum absolute atomic E-state index is 13.2. The molecule has 1 heterocycles. The summed E-state index contributed by atoms with van der Waals surface area (Å²) in [5.41, 5.74) is 8.26. The average molecular weight is 482 g/mol. The maximum atomic E-state index is 13.2. The number of ketones is 1. The van der Waals surface area contributed by atoms with Crippen LogP contribution in [0.4, 0.5) is 11.4 Å². The van der Waals surface area contributed by atoms with Gasteiger partial charge in [0.2, 0.25) is 0 Å². The average Bonchev–Trinajstić information content (AvgIpc) is 2.69. The summed E-state index contributed by atoms with van der Waals surface area (Å²) in [5.74, 6) is -0.0306. The number of rotatable bonds is 6. The molecule has 1 aliphatic heterocycles. The maximum Gasteiger partial charge on any atom is 0.301 e. The number of nitrogens with two attached hydrogens (primary N) is 1. The first-order valence-corrected chi connectivity index (χ1v) is 11.5. The van der Waals surface area contributed by atoms with E-state index in [1.165, 1.54) is 16.4 Å². The SMILES string of the molecule is CC(C)c1ccc(Br)cc1C(=O)c1ccc(N)c(NS(=O)(=O)N2CCOCC2)c1. The lowest BCUT2D eigenvalue weighted by Crippen LogP contribution is -2.43. The van der Waals surface area contributed by atoms with E-state index < -0.39 is 10.2 Å². The Hall–Kier alpha value is -1.94. The number of nitrogens with zero attached hydrogens (tertiary/aromatic N) is 1.